The van der Waals surface area contributed by atoms with Crippen LogP contribution >= 0.6 is 11.6 Å². The summed E-state index contributed by atoms with van der Waals surface area (Å²) in [5, 5.41) is 10.4. The average molecular weight is 294 g/mol. The molecule has 0 aliphatic rings. The third-order valence-electron chi connectivity index (χ3n) is 2.10. The van der Waals surface area contributed by atoms with Gasteiger partial charge in [-0.05, 0) is 25.0 Å². The highest BCUT2D eigenvalue weighted by Crippen LogP contribution is 2.17. The van der Waals surface area contributed by atoms with Gasteiger partial charge in [0.1, 0.15) is 0 Å². The van der Waals surface area contributed by atoms with Gasteiger partial charge >= 0.3 is 0 Å². The highest BCUT2D eigenvalue weighted by Gasteiger charge is 2.16. The van der Waals surface area contributed by atoms with Gasteiger partial charge < -0.3 is 0 Å². The molecule has 0 N–H and O–H groups in total. The fourth-order valence-corrected chi connectivity index (χ4v) is 2.30. The number of rotatable bonds is 7. The van der Waals surface area contributed by atoms with Crippen LogP contribution in [0.2, 0.25) is 0 Å². The van der Waals surface area contributed by atoms with E-state index in [-0.39, 0.29) is 17.2 Å². The van der Waals surface area contributed by atoms with Crippen LogP contribution in [0.15, 0.2) is 29.2 Å². The number of benzene rings is 1. The predicted molar refractivity (Wildman–Crippen MR) is 66.2 cm³/mol. The highest BCUT2D eigenvalue weighted by atomic mass is 35.5. The molecule has 1 aromatic rings. The van der Waals surface area contributed by atoms with Crippen molar-refractivity contribution in [3.05, 3.63) is 34.4 Å². The summed E-state index contributed by atoms with van der Waals surface area (Å²) in [6.45, 7) is 0.0477. The molecule has 0 radical (unpaired) electrons. The number of hydrogen-bond donors (Lipinski definition) is 0. The van der Waals surface area contributed by atoms with Crippen LogP contribution in [0.4, 0.5) is 5.69 Å². The van der Waals surface area contributed by atoms with E-state index >= 15 is 0 Å². The van der Waals surface area contributed by atoms with Crippen molar-refractivity contribution >= 4 is 27.4 Å². The van der Waals surface area contributed by atoms with Crippen LogP contribution in [0.25, 0.3) is 0 Å². The number of nitro benzene ring substituents is 1. The van der Waals surface area contributed by atoms with E-state index in [9.17, 15) is 18.5 Å². The van der Waals surface area contributed by atoms with E-state index in [0.29, 0.717) is 18.7 Å². The van der Waals surface area contributed by atoms with Crippen molar-refractivity contribution in [1.29, 1.82) is 0 Å². The molecule has 0 spiro atoms. The number of unbranched alkanes of at least 4 members (excludes halogenated alkanes) is 1. The summed E-state index contributed by atoms with van der Waals surface area (Å²) >= 11 is 5.45. The normalized spacial score (nSPS) is 11.4. The van der Waals surface area contributed by atoms with Crippen LogP contribution in [0.1, 0.15) is 12.8 Å². The second-order valence-electron chi connectivity index (χ2n) is 3.42. The van der Waals surface area contributed by atoms with E-state index in [1.165, 1.54) is 0 Å². The maximum Gasteiger partial charge on any atom is 0.296 e. The summed E-state index contributed by atoms with van der Waals surface area (Å²) in [5.74, 6) is 0.445. The van der Waals surface area contributed by atoms with Crippen molar-refractivity contribution in [2.75, 3.05) is 12.5 Å². The molecule has 0 bridgehead atoms. The molecule has 1 aromatic carbocycles. The monoisotopic (exact) mass is 293 g/mol. The summed E-state index contributed by atoms with van der Waals surface area (Å²) in [4.78, 5) is 9.72. The molecule has 0 fully saturated rings. The Balaban J connectivity index is 2.70. The second-order valence-corrected chi connectivity index (χ2v) is 5.42. The van der Waals surface area contributed by atoms with Gasteiger partial charge in [-0.25, -0.2) is 0 Å². The molecule has 100 valence electrons. The summed E-state index contributed by atoms with van der Waals surface area (Å²) < 4.78 is 28.1. The minimum Gasteiger partial charge on any atom is -0.266 e. The number of hydrogen-bond acceptors (Lipinski definition) is 5. The largest absolute Gasteiger partial charge is 0.296 e. The number of halogens is 1. The molecule has 0 atom stereocenters. The maximum absolute atomic E-state index is 11.7. The Bertz CT molecular complexity index is 500. The zero-order valence-electron chi connectivity index (χ0n) is 9.41. The summed E-state index contributed by atoms with van der Waals surface area (Å²) in [7, 11) is -3.85. The smallest absolute Gasteiger partial charge is 0.266 e. The van der Waals surface area contributed by atoms with Gasteiger partial charge in [0.05, 0.1) is 16.4 Å². The lowest BCUT2D eigenvalue weighted by Crippen LogP contribution is -2.07. The van der Waals surface area contributed by atoms with Crippen molar-refractivity contribution in [2.45, 2.75) is 17.7 Å². The first-order valence-corrected chi connectivity index (χ1v) is 7.11. The second kappa shape index (κ2) is 6.67. The molecule has 6 nitrogen and oxygen atoms in total. The van der Waals surface area contributed by atoms with Gasteiger partial charge in [0.25, 0.3) is 15.8 Å². The van der Waals surface area contributed by atoms with Crippen molar-refractivity contribution < 1.29 is 17.5 Å². The SMILES string of the molecule is O=[N+]([O-])c1ccc(S(=O)(=O)OCCCCCl)cc1. The number of nitrogens with zero attached hydrogens (tertiary/aromatic N) is 1. The van der Waals surface area contributed by atoms with Crippen LogP contribution in [-0.2, 0) is 14.3 Å². The summed E-state index contributed by atoms with van der Waals surface area (Å²) in [6.07, 6.45) is 1.20. The van der Waals surface area contributed by atoms with E-state index in [4.69, 9.17) is 15.8 Å². The van der Waals surface area contributed by atoms with Crippen LogP contribution in [0.5, 0.6) is 0 Å². The van der Waals surface area contributed by atoms with E-state index in [1.807, 2.05) is 0 Å². The first kappa shape index (κ1) is 14.9. The van der Waals surface area contributed by atoms with Gasteiger partial charge in [-0.15, -0.1) is 11.6 Å². The number of nitro groups is 1. The van der Waals surface area contributed by atoms with Crippen molar-refractivity contribution in [2.24, 2.45) is 0 Å². The standard InChI is InChI=1S/C10H12ClNO5S/c11-7-1-2-8-17-18(15,16)10-5-3-9(4-6-10)12(13)14/h3-6H,1-2,7-8H2. The van der Waals surface area contributed by atoms with Gasteiger partial charge in [0, 0.05) is 18.0 Å². The van der Waals surface area contributed by atoms with Crippen LogP contribution < -0.4 is 0 Å². The van der Waals surface area contributed by atoms with Crippen LogP contribution in [0.3, 0.4) is 0 Å². The van der Waals surface area contributed by atoms with E-state index < -0.39 is 15.0 Å². The van der Waals surface area contributed by atoms with Gasteiger partial charge in [-0.3, -0.25) is 14.3 Å². The van der Waals surface area contributed by atoms with Crippen molar-refractivity contribution in [3.8, 4) is 0 Å². The van der Waals surface area contributed by atoms with E-state index in [0.717, 1.165) is 24.3 Å². The molecular formula is C10H12ClNO5S. The molecule has 0 aliphatic heterocycles. The molecule has 0 saturated heterocycles. The molecule has 18 heavy (non-hydrogen) atoms. The first-order valence-electron chi connectivity index (χ1n) is 5.17. The Labute approximate surface area is 110 Å². The van der Waals surface area contributed by atoms with E-state index in [1.54, 1.807) is 0 Å². The number of alkyl halides is 1. The van der Waals surface area contributed by atoms with Crippen molar-refractivity contribution in [3.63, 3.8) is 0 Å². The van der Waals surface area contributed by atoms with Gasteiger partial charge in [-0.2, -0.15) is 8.42 Å². The zero-order valence-corrected chi connectivity index (χ0v) is 11.0. The topological polar surface area (TPSA) is 86.5 Å². The molecule has 0 amide bonds. The molecule has 8 heteroatoms. The minimum atomic E-state index is -3.85. The van der Waals surface area contributed by atoms with Gasteiger partial charge in [0.2, 0.25) is 0 Å². The maximum atomic E-state index is 11.7. The van der Waals surface area contributed by atoms with Crippen molar-refractivity contribution in [1.82, 2.24) is 0 Å². The molecular weight excluding hydrogens is 282 g/mol. The van der Waals surface area contributed by atoms with Gasteiger partial charge in [0.15, 0.2) is 0 Å². The Kier molecular flexibility index (Phi) is 5.52. The average Bonchev–Trinajstić information content (AvgIpc) is 2.35. The lowest BCUT2D eigenvalue weighted by atomic mass is 10.3. The quantitative estimate of drug-likeness (QED) is 0.253. The molecule has 0 unspecified atom stereocenters. The minimum absolute atomic E-state index is 0.0477. The Morgan fingerprint density at radius 2 is 1.83 bits per heavy atom. The molecule has 0 aromatic heterocycles. The lowest BCUT2D eigenvalue weighted by Gasteiger charge is -2.04. The molecule has 1 rings (SSSR count). The third-order valence-corrected chi connectivity index (χ3v) is 3.70. The van der Waals surface area contributed by atoms with E-state index in [2.05, 4.69) is 0 Å². The van der Waals surface area contributed by atoms with Crippen LogP contribution in [-0.4, -0.2) is 25.8 Å². The Morgan fingerprint density at radius 3 is 2.33 bits per heavy atom. The lowest BCUT2D eigenvalue weighted by molar-refractivity contribution is -0.384. The Morgan fingerprint density at radius 1 is 1.22 bits per heavy atom. The summed E-state index contributed by atoms with van der Waals surface area (Å²) in [5.41, 5.74) is -0.170. The first-order chi connectivity index (χ1) is 8.47. The highest BCUT2D eigenvalue weighted by molar-refractivity contribution is 7.86. The molecule has 0 heterocycles. The third kappa shape index (κ3) is 4.25. The number of non-ortho nitro benzene ring substituents is 1. The van der Waals surface area contributed by atoms with Crippen LogP contribution in [0, 0.1) is 10.1 Å². The van der Waals surface area contributed by atoms with Gasteiger partial charge in [-0.1, -0.05) is 0 Å². The molecule has 0 saturated carbocycles. The fourth-order valence-electron chi connectivity index (χ4n) is 1.17. The Hall–Kier alpha value is -1.18. The zero-order chi connectivity index (χ0) is 13.6. The predicted octanol–water partition coefficient (Wildman–Crippen LogP) is 2.32. The fraction of sp³-hybridized carbons (Fsp3) is 0.400. The molecule has 0 aliphatic carbocycles. The summed E-state index contributed by atoms with van der Waals surface area (Å²) in [6, 6.07) is 4.54.